The highest BCUT2D eigenvalue weighted by Gasteiger charge is 2.70. The van der Waals surface area contributed by atoms with Crippen LogP contribution in [0.15, 0.2) is 94.5 Å². The molecule has 3 aromatic rings. The second-order valence-electron chi connectivity index (χ2n) is 40.2. The molecule has 600 valence electrons. The van der Waals surface area contributed by atoms with E-state index in [-0.39, 0.29) is 97.9 Å². The average molecular weight is 1500 g/mol. The van der Waals surface area contributed by atoms with Gasteiger partial charge < -0.3 is 48.9 Å². The Morgan fingerprint density at radius 3 is 1.32 bits per heavy atom. The van der Waals surface area contributed by atoms with E-state index in [0.29, 0.717) is 88.8 Å². The number of carboxylic acids is 1. The zero-order chi connectivity index (χ0) is 78.0. The molecule has 12 aliphatic carbocycles. The van der Waals surface area contributed by atoms with Gasteiger partial charge in [-0.1, -0.05) is 109 Å². The van der Waals surface area contributed by atoms with Crippen LogP contribution < -0.4 is 22.6 Å². The number of aliphatic hydroxyl groups is 3. The van der Waals surface area contributed by atoms with Gasteiger partial charge in [-0.15, -0.1) is 0 Å². The number of nitrogens with two attached hydrogens (primary N) is 1. The summed E-state index contributed by atoms with van der Waals surface area (Å²) in [5.74, 6) is 5.94. The Morgan fingerprint density at radius 2 is 0.880 bits per heavy atom. The van der Waals surface area contributed by atoms with Crippen LogP contribution in [-0.2, 0) is 23.9 Å². The van der Waals surface area contributed by atoms with Gasteiger partial charge in [-0.3, -0.25) is 14.4 Å². The van der Waals surface area contributed by atoms with Crippen molar-refractivity contribution in [3.05, 3.63) is 115 Å². The van der Waals surface area contributed by atoms with E-state index in [1.807, 2.05) is 39.0 Å². The smallest absolute Gasteiger partial charge is 0.335 e. The summed E-state index contributed by atoms with van der Waals surface area (Å²) in [7, 11) is 0. The Bertz CT molecular complexity index is 3810. The van der Waals surface area contributed by atoms with Gasteiger partial charge in [0.2, 0.25) is 0 Å². The van der Waals surface area contributed by atoms with E-state index in [1.54, 1.807) is 37.4 Å². The number of fused-ring (bicyclic) bond motifs is 15. The van der Waals surface area contributed by atoms with Crippen LogP contribution in [0.3, 0.4) is 0 Å². The average Bonchev–Trinajstić information content (AvgIpc) is 1.45. The maximum absolute atomic E-state index is 12.7. The minimum atomic E-state index is -0.691. The van der Waals surface area contributed by atoms with E-state index < -0.39 is 23.2 Å². The van der Waals surface area contributed by atoms with Crippen LogP contribution >= 0.6 is 0 Å². The maximum Gasteiger partial charge on any atom is 0.335 e. The molecule has 3 aromatic heterocycles. The number of aliphatic hydroxyl groups excluding tert-OH is 1. The summed E-state index contributed by atoms with van der Waals surface area (Å²) in [6.07, 6.45) is 37.0. The fraction of sp³-hybridized carbons (Fsp3) is 0.783. The summed E-state index contributed by atoms with van der Waals surface area (Å²) >= 11 is 0. The molecule has 0 aliphatic heterocycles. The summed E-state index contributed by atoms with van der Waals surface area (Å²) in [5.41, 5.74) is 9.40. The SMILES string of the molecule is CC(C)C[C@@H](C)C(=O)O.CC(C)C[C@@H](C)C(=O)O[C@H]1CC[C@@]2(C)[C@H](CC[C@@H]3[C@@H]2CC[C@]2(C)[C@@H](c4ccc(=O)oc4)CC[C@]32O)C1.CC(C)C[C@@H](N)C(=O)O[C@H]1CC[C@@]2(C)[C@H](CC[C@H]3C4=CC[C@H](c5ccc(=O)oc5)[C@@]4(C)CC[C@@H]32)C1.C[C@]12CC[C@H](O)C[C@H]1CC[C@@H]1[C@@H]2CC[C@]2(C)[C@@H](c3ccc(=O)oc3)CC[C@]12O. The third kappa shape index (κ3) is 15.5. The number of esters is 2. The molecule has 16 nitrogen and oxygen atoms in total. The second kappa shape index (κ2) is 32.0. The highest BCUT2D eigenvalue weighted by molar-refractivity contribution is 5.75. The van der Waals surface area contributed by atoms with Crippen molar-refractivity contribution in [2.75, 3.05) is 0 Å². The standard InChI is InChI=1S/C31H46O5.C30H43NO4.C24H34O4.C7H14O2/c1-19(2)16-20(3)28(33)36-23-10-13-29(4)22(17-23)7-8-26-25(29)11-14-30(5)24(12-15-31(26,30)34)21-6-9-27(32)35-18-21;1-18(2)15-26(31)28(33)35-21-11-13-29(3)20(16-21)6-7-22-24-9-8-23(19-5-10-27(32)34-17-19)30(24,4)14-12-25(22)29;1-22-10-7-17(25)13-16(22)4-5-20-19(22)8-11-23(2)18(9-12-24(20,23)27)15-3-6-21(26)28-14-15;1-5(2)4-6(3)7(8)9/h6,9,18-20,22-26,34H,7-8,10-17H2,1-5H3;5,9-10,17-18,20-23,25-26H,6-8,11-16,31H2,1-4H3;3,6,14,16-20,25,27H,4-5,7-13H2,1-2H3;5-6H,4H2,1-3H3,(H,8,9)/t20-,22-,23+,24-,25+,26-,29+,30-,31+;20-,21+,22+,23-,25+,26-,29+,30-;16-,17+,18-,19+,20-,22+,23-,24+;6-/m1111/s1. The highest BCUT2D eigenvalue weighted by atomic mass is 16.5. The van der Waals surface area contributed by atoms with Gasteiger partial charge >= 0.3 is 34.8 Å². The van der Waals surface area contributed by atoms with Gasteiger partial charge in [-0.25, -0.2) is 14.4 Å². The number of carbonyl (C=O) groups excluding carboxylic acids is 2. The Balaban J connectivity index is 0.000000144. The molecular weight excluding hydrogens is 1360 g/mol. The molecule has 0 saturated heterocycles. The number of ether oxygens (including phenoxy) is 2. The summed E-state index contributed by atoms with van der Waals surface area (Å²) < 4.78 is 27.6. The molecule has 0 amide bonds. The molecule has 0 bridgehead atoms. The molecule has 26 atom stereocenters. The molecule has 108 heavy (non-hydrogen) atoms. The van der Waals surface area contributed by atoms with Crippen molar-refractivity contribution in [2.45, 2.75) is 336 Å². The van der Waals surface area contributed by atoms with E-state index >= 15 is 0 Å². The molecule has 15 rings (SSSR count). The van der Waals surface area contributed by atoms with E-state index in [1.165, 1.54) is 44.2 Å². The molecule has 11 saturated carbocycles. The van der Waals surface area contributed by atoms with E-state index in [4.69, 9.17) is 33.6 Å². The van der Waals surface area contributed by atoms with Gasteiger partial charge in [0.1, 0.15) is 18.2 Å². The van der Waals surface area contributed by atoms with Crippen molar-refractivity contribution in [1.82, 2.24) is 0 Å². The van der Waals surface area contributed by atoms with Crippen LogP contribution in [-0.4, -0.2) is 73.9 Å². The molecule has 0 radical (unpaired) electrons. The number of hydrogen-bond donors (Lipinski definition) is 5. The quantitative estimate of drug-likeness (QED) is 0.0742. The predicted octanol–water partition coefficient (Wildman–Crippen LogP) is 18.4. The van der Waals surface area contributed by atoms with Crippen LogP contribution in [0.2, 0.25) is 0 Å². The lowest BCUT2D eigenvalue weighted by molar-refractivity contribution is -0.208. The normalized spacial score (nSPS) is 41.2. The van der Waals surface area contributed by atoms with Crippen LogP contribution in [0.4, 0.5) is 0 Å². The number of hydrogen-bond acceptors (Lipinski definition) is 15. The van der Waals surface area contributed by atoms with Crippen molar-refractivity contribution < 1.29 is 57.5 Å². The van der Waals surface area contributed by atoms with Gasteiger partial charge in [0.25, 0.3) is 0 Å². The molecule has 11 fully saturated rings. The third-order valence-corrected chi connectivity index (χ3v) is 33.1. The first-order valence-electron chi connectivity index (χ1n) is 42.9. The minimum absolute atomic E-state index is 0.0204. The first-order chi connectivity index (χ1) is 50.9. The maximum atomic E-state index is 12.7. The fourth-order valence-corrected chi connectivity index (χ4v) is 27.2. The molecule has 12 aliphatic rings. The fourth-order valence-electron chi connectivity index (χ4n) is 27.2. The zero-order valence-electron chi connectivity index (χ0n) is 68.3. The van der Waals surface area contributed by atoms with Crippen molar-refractivity contribution in [3.63, 3.8) is 0 Å². The monoisotopic (exact) mass is 1500 g/mol. The summed E-state index contributed by atoms with van der Waals surface area (Å²) in [6.45, 7) is 30.7. The first kappa shape index (κ1) is 82.3. The summed E-state index contributed by atoms with van der Waals surface area (Å²) in [5, 5.41) is 43.2. The molecular formula is C92H137NO15. The first-order valence-corrected chi connectivity index (χ1v) is 42.9. The zero-order valence-corrected chi connectivity index (χ0v) is 68.3. The van der Waals surface area contributed by atoms with Crippen molar-refractivity contribution in [3.8, 4) is 0 Å². The Hall–Kier alpha value is -5.16. The van der Waals surface area contributed by atoms with E-state index in [9.17, 15) is 44.1 Å². The van der Waals surface area contributed by atoms with Crippen LogP contribution in [0.1, 0.15) is 318 Å². The molecule has 0 unspecified atom stereocenters. The largest absolute Gasteiger partial charge is 0.481 e. The Labute approximate surface area is 644 Å². The predicted molar refractivity (Wildman–Crippen MR) is 419 cm³/mol. The minimum Gasteiger partial charge on any atom is -0.481 e. The Morgan fingerprint density at radius 1 is 0.463 bits per heavy atom. The molecule has 6 N–H and O–H groups in total. The van der Waals surface area contributed by atoms with Gasteiger partial charge in [0, 0.05) is 29.0 Å². The number of carbonyl (C=O) groups is 3. The van der Waals surface area contributed by atoms with Gasteiger partial charge in [-0.2, -0.15) is 0 Å². The highest BCUT2D eigenvalue weighted by Crippen LogP contribution is 2.74. The van der Waals surface area contributed by atoms with E-state index in [2.05, 4.69) is 75.3 Å². The van der Waals surface area contributed by atoms with Gasteiger partial charge in [-0.05, 0) is 332 Å². The molecule has 16 heteroatoms. The van der Waals surface area contributed by atoms with Crippen molar-refractivity contribution in [1.29, 1.82) is 0 Å². The molecule has 0 aromatic carbocycles. The second-order valence-corrected chi connectivity index (χ2v) is 40.2. The van der Waals surface area contributed by atoms with Crippen molar-refractivity contribution >= 4 is 17.9 Å². The van der Waals surface area contributed by atoms with Crippen LogP contribution in [0.25, 0.3) is 0 Å². The number of aliphatic carboxylic acids is 1. The number of carboxylic acid groups (broad SMARTS) is 1. The Kier molecular flexibility index (Phi) is 24.4. The lowest BCUT2D eigenvalue weighted by Gasteiger charge is -2.63. The van der Waals surface area contributed by atoms with Gasteiger partial charge in [0.05, 0.1) is 47.9 Å². The summed E-state index contributed by atoms with van der Waals surface area (Å²) in [4.78, 5) is 69.9. The third-order valence-electron chi connectivity index (χ3n) is 33.1. The molecule has 0 spiro atoms. The van der Waals surface area contributed by atoms with Gasteiger partial charge in [0.15, 0.2) is 0 Å². The van der Waals surface area contributed by atoms with Crippen LogP contribution in [0.5, 0.6) is 0 Å². The lowest BCUT2D eigenvalue weighted by Crippen LogP contribution is -2.62. The number of allylic oxidation sites excluding steroid dienone is 2. The summed E-state index contributed by atoms with van der Waals surface area (Å²) in [6, 6.07) is 9.87. The number of rotatable bonds is 14. The topological polar surface area (TPSA) is 267 Å². The van der Waals surface area contributed by atoms with E-state index in [0.717, 1.165) is 164 Å². The van der Waals surface area contributed by atoms with Crippen molar-refractivity contribution in [2.24, 2.45) is 121 Å². The molecule has 3 heterocycles. The van der Waals surface area contributed by atoms with Crippen LogP contribution in [0, 0.1) is 115 Å². The lowest BCUT2D eigenvalue weighted by atomic mass is 9.43.